The fourth-order valence-corrected chi connectivity index (χ4v) is 1.43. The molecular formula is C11H25N. The van der Waals surface area contributed by atoms with Gasteiger partial charge in [-0.15, -0.1) is 0 Å². The molecule has 0 aliphatic rings. The van der Waals surface area contributed by atoms with Gasteiger partial charge in [-0.25, -0.2) is 0 Å². The number of nitrogens with two attached hydrogens (primary N) is 1. The lowest BCUT2D eigenvalue weighted by Gasteiger charge is -2.21. The van der Waals surface area contributed by atoms with Gasteiger partial charge in [0.05, 0.1) is 0 Å². The molecule has 0 spiro atoms. The van der Waals surface area contributed by atoms with Gasteiger partial charge in [0.15, 0.2) is 0 Å². The van der Waals surface area contributed by atoms with E-state index in [9.17, 15) is 0 Å². The average molecular weight is 171 g/mol. The molecule has 1 unspecified atom stereocenters. The minimum absolute atomic E-state index is 0.473. The molecule has 0 amide bonds. The fourth-order valence-electron chi connectivity index (χ4n) is 1.43. The highest BCUT2D eigenvalue weighted by atomic mass is 14.5. The van der Waals surface area contributed by atoms with E-state index in [2.05, 4.69) is 27.7 Å². The van der Waals surface area contributed by atoms with Crippen LogP contribution in [0, 0.1) is 11.3 Å². The van der Waals surface area contributed by atoms with Crippen molar-refractivity contribution in [2.24, 2.45) is 17.1 Å². The number of rotatable bonds is 5. The number of hydrogen-bond donors (Lipinski definition) is 1. The van der Waals surface area contributed by atoms with Gasteiger partial charge in [-0.05, 0) is 37.1 Å². The predicted molar refractivity (Wildman–Crippen MR) is 56.1 cm³/mol. The first-order valence-electron chi connectivity index (χ1n) is 5.19. The van der Waals surface area contributed by atoms with Gasteiger partial charge in [0.1, 0.15) is 0 Å². The Morgan fingerprint density at radius 1 is 1.17 bits per heavy atom. The van der Waals surface area contributed by atoms with Gasteiger partial charge in [-0.1, -0.05) is 34.1 Å². The molecule has 0 aromatic heterocycles. The molecule has 0 fully saturated rings. The zero-order valence-corrected chi connectivity index (χ0v) is 9.19. The normalized spacial score (nSPS) is 14.8. The summed E-state index contributed by atoms with van der Waals surface area (Å²) in [7, 11) is 0. The van der Waals surface area contributed by atoms with E-state index in [1.54, 1.807) is 0 Å². The van der Waals surface area contributed by atoms with Crippen LogP contribution in [0.15, 0.2) is 0 Å². The van der Waals surface area contributed by atoms with Crippen molar-refractivity contribution >= 4 is 0 Å². The first-order valence-corrected chi connectivity index (χ1v) is 5.19. The second-order valence-corrected chi connectivity index (χ2v) is 4.99. The Hall–Kier alpha value is -0.0400. The Morgan fingerprint density at radius 3 is 2.08 bits per heavy atom. The molecule has 0 aliphatic carbocycles. The van der Waals surface area contributed by atoms with Crippen LogP contribution >= 0.6 is 0 Å². The summed E-state index contributed by atoms with van der Waals surface area (Å²) in [5.74, 6) is 0.759. The third-order valence-electron chi connectivity index (χ3n) is 2.33. The highest BCUT2D eigenvalue weighted by Crippen LogP contribution is 2.24. The summed E-state index contributed by atoms with van der Waals surface area (Å²) in [5.41, 5.74) is 6.16. The van der Waals surface area contributed by atoms with Crippen molar-refractivity contribution in [1.29, 1.82) is 0 Å². The van der Waals surface area contributed by atoms with E-state index in [4.69, 9.17) is 5.73 Å². The van der Waals surface area contributed by atoms with Crippen LogP contribution in [0.4, 0.5) is 0 Å². The molecule has 1 atom stereocenters. The summed E-state index contributed by atoms with van der Waals surface area (Å²) >= 11 is 0. The molecule has 0 rings (SSSR count). The lowest BCUT2D eigenvalue weighted by Crippen LogP contribution is -2.17. The Balaban J connectivity index is 3.58. The van der Waals surface area contributed by atoms with Gasteiger partial charge in [0.25, 0.3) is 0 Å². The molecule has 0 radical (unpaired) electrons. The highest BCUT2D eigenvalue weighted by Gasteiger charge is 2.13. The van der Waals surface area contributed by atoms with Crippen LogP contribution in [0.3, 0.4) is 0 Å². The van der Waals surface area contributed by atoms with Crippen LogP contribution in [-0.4, -0.2) is 6.54 Å². The number of hydrogen-bond acceptors (Lipinski definition) is 1. The molecule has 0 saturated carbocycles. The van der Waals surface area contributed by atoms with Crippen LogP contribution < -0.4 is 5.73 Å². The summed E-state index contributed by atoms with van der Waals surface area (Å²) < 4.78 is 0. The van der Waals surface area contributed by atoms with E-state index in [1.165, 1.54) is 25.7 Å². The topological polar surface area (TPSA) is 26.0 Å². The summed E-state index contributed by atoms with van der Waals surface area (Å²) in [6.45, 7) is 10.00. The molecule has 0 bridgehead atoms. The molecule has 0 aromatic carbocycles. The maximum Gasteiger partial charge on any atom is -0.00489 e. The molecule has 74 valence electrons. The monoisotopic (exact) mass is 171 g/mol. The van der Waals surface area contributed by atoms with Crippen molar-refractivity contribution in [3.63, 3.8) is 0 Å². The molecule has 12 heavy (non-hydrogen) atoms. The van der Waals surface area contributed by atoms with Crippen LogP contribution in [0.5, 0.6) is 0 Å². The van der Waals surface area contributed by atoms with Gasteiger partial charge < -0.3 is 5.73 Å². The standard InChI is InChI=1S/C11H25N/c1-5-6-10(9-12)7-8-11(2,3)4/h10H,5-9,12H2,1-4H3. The zero-order valence-electron chi connectivity index (χ0n) is 9.19. The van der Waals surface area contributed by atoms with Crippen molar-refractivity contribution in [2.75, 3.05) is 6.54 Å². The Kier molecular flexibility index (Phi) is 5.56. The second kappa shape index (κ2) is 5.58. The maximum absolute atomic E-state index is 5.69. The molecule has 2 N–H and O–H groups in total. The van der Waals surface area contributed by atoms with E-state index in [1.807, 2.05) is 0 Å². The SMILES string of the molecule is CCCC(CN)CCC(C)(C)C. The minimum Gasteiger partial charge on any atom is -0.330 e. The molecule has 0 aromatic rings. The van der Waals surface area contributed by atoms with E-state index in [0.29, 0.717) is 5.41 Å². The molecule has 0 heterocycles. The molecular weight excluding hydrogens is 146 g/mol. The first kappa shape index (κ1) is 12.0. The Morgan fingerprint density at radius 2 is 1.75 bits per heavy atom. The van der Waals surface area contributed by atoms with E-state index < -0.39 is 0 Å². The third-order valence-corrected chi connectivity index (χ3v) is 2.33. The quantitative estimate of drug-likeness (QED) is 0.675. The lowest BCUT2D eigenvalue weighted by molar-refractivity contribution is 0.315. The predicted octanol–water partition coefficient (Wildman–Crippen LogP) is 3.19. The summed E-state index contributed by atoms with van der Waals surface area (Å²) in [6.07, 6.45) is 5.17. The van der Waals surface area contributed by atoms with Crippen LogP contribution in [0.1, 0.15) is 53.4 Å². The smallest absolute Gasteiger partial charge is 0.00489 e. The third kappa shape index (κ3) is 6.66. The first-order chi connectivity index (χ1) is 5.49. The summed E-state index contributed by atoms with van der Waals surface area (Å²) in [5, 5.41) is 0. The van der Waals surface area contributed by atoms with Crippen LogP contribution in [0.2, 0.25) is 0 Å². The van der Waals surface area contributed by atoms with E-state index >= 15 is 0 Å². The fraction of sp³-hybridized carbons (Fsp3) is 1.00. The van der Waals surface area contributed by atoms with E-state index in [-0.39, 0.29) is 0 Å². The average Bonchev–Trinajstić information content (AvgIpc) is 1.96. The highest BCUT2D eigenvalue weighted by molar-refractivity contribution is 4.66. The van der Waals surface area contributed by atoms with Crippen molar-refractivity contribution in [2.45, 2.75) is 53.4 Å². The molecule has 1 nitrogen and oxygen atoms in total. The van der Waals surface area contributed by atoms with Crippen molar-refractivity contribution < 1.29 is 0 Å². The second-order valence-electron chi connectivity index (χ2n) is 4.99. The van der Waals surface area contributed by atoms with Gasteiger partial charge in [-0.3, -0.25) is 0 Å². The van der Waals surface area contributed by atoms with Crippen molar-refractivity contribution in [1.82, 2.24) is 0 Å². The maximum atomic E-state index is 5.69. The van der Waals surface area contributed by atoms with Crippen LogP contribution in [0.25, 0.3) is 0 Å². The summed E-state index contributed by atoms with van der Waals surface area (Å²) in [4.78, 5) is 0. The largest absolute Gasteiger partial charge is 0.330 e. The Labute approximate surface area is 77.7 Å². The zero-order chi connectivity index (χ0) is 9.61. The van der Waals surface area contributed by atoms with Gasteiger partial charge >= 0.3 is 0 Å². The van der Waals surface area contributed by atoms with Crippen LogP contribution in [-0.2, 0) is 0 Å². The lowest BCUT2D eigenvalue weighted by atomic mass is 9.85. The molecule has 0 saturated heterocycles. The van der Waals surface area contributed by atoms with Crippen molar-refractivity contribution in [3.8, 4) is 0 Å². The molecule has 0 aliphatic heterocycles. The van der Waals surface area contributed by atoms with Gasteiger partial charge in [0.2, 0.25) is 0 Å². The Bertz CT molecular complexity index is 102. The van der Waals surface area contributed by atoms with E-state index in [0.717, 1.165) is 12.5 Å². The van der Waals surface area contributed by atoms with Gasteiger partial charge in [0, 0.05) is 0 Å². The van der Waals surface area contributed by atoms with Crippen molar-refractivity contribution in [3.05, 3.63) is 0 Å². The molecule has 1 heteroatoms. The van der Waals surface area contributed by atoms with Gasteiger partial charge in [-0.2, -0.15) is 0 Å². The summed E-state index contributed by atoms with van der Waals surface area (Å²) in [6, 6.07) is 0. The minimum atomic E-state index is 0.473.